The highest BCUT2D eigenvalue weighted by Gasteiger charge is 2.10. The van der Waals surface area contributed by atoms with Crippen LogP contribution in [-0.2, 0) is 6.42 Å². The molecule has 0 aliphatic rings. The maximum atomic E-state index is 8.94. The lowest BCUT2D eigenvalue weighted by atomic mass is 9.94. The Morgan fingerprint density at radius 1 is 1.35 bits per heavy atom. The summed E-state index contributed by atoms with van der Waals surface area (Å²) < 4.78 is 0. The summed E-state index contributed by atoms with van der Waals surface area (Å²) in [6.45, 7) is 12.3. The van der Waals surface area contributed by atoms with Gasteiger partial charge in [-0.15, -0.1) is 13.2 Å². The second kappa shape index (κ2) is 7.51. The molecule has 0 aromatic heterocycles. The van der Waals surface area contributed by atoms with Gasteiger partial charge in [-0.25, -0.2) is 0 Å². The Labute approximate surface area is 105 Å². The molecule has 0 fully saturated rings. The van der Waals surface area contributed by atoms with E-state index in [2.05, 4.69) is 40.0 Å². The van der Waals surface area contributed by atoms with Gasteiger partial charge in [0.25, 0.3) is 0 Å². The quantitative estimate of drug-likeness (QED) is 0.630. The minimum atomic E-state index is 0.369. The van der Waals surface area contributed by atoms with Gasteiger partial charge in [0.2, 0.25) is 0 Å². The van der Waals surface area contributed by atoms with Gasteiger partial charge in [0, 0.05) is 5.69 Å². The standard InChI is InChI=1S/C13H18N2.C2H4/c1-4-5-11-6-10(8-14)7-12(9(2)3)13(11)15;1-2/h6-7,9H,4-5,15H2,1-3H3;1-2H2. The maximum absolute atomic E-state index is 8.94. The van der Waals surface area contributed by atoms with E-state index in [1.807, 2.05) is 12.1 Å². The van der Waals surface area contributed by atoms with Crippen LogP contribution in [0.25, 0.3) is 0 Å². The highest BCUT2D eigenvalue weighted by atomic mass is 14.6. The van der Waals surface area contributed by atoms with E-state index in [9.17, 15) is 0 Å². The van der Waals surface area contributed by atoms with Crippen LogP contribution in [0.5, 0.6) is 0 Å². The Morgan fingerprint density at radius 2 is 1.94 bits per heavy atom. The molecule has 92 valence electrons. The van der Waals surface area contributed by atoms with Gasteiger partial charge in [-0.3, -0.25) is 0 Å². The number of nitrogen functional groups attached to an aromatic ring is 1. The van der Waals surface area contributed by atoms with Gasteiger partial charge in [-0.2, -0.15) is 5.26 Å². The molecular weight excluding hydrogens is 208 g/mol. The predicted octanol–water partition coefficient (Wildman–Crippen LogP) is 4.02. The monoisotopic (exact) mass is 230 g/mol. The Morgan fingerprint density at radius 3 is 2.35 bits per heavy atom. The molecule has 0 atom stereocenters. The largest absolute Gasteiger partial charge is 0.398 e. The number of aryl methyl sites for hydroxylation is 1. The topological polar surface area (TPSA) is 49.8 Å². The lowest BCUT2D eigenvalue weighted by Gasteiger charge is -2.14. The zero-order valence-corrected chi connectivity index (χ0v) is 11.1. The molecule has 2 N–H and O–H groups in total. The Bertz CT molecular complexity index is 400. The molecule has 2 nitrogen and oxygen atoms in total. The normalized spacial score (nSPS) is 9.35. The number of nitriles is 1. The van der Waals surface area contributed by atoms with E-state index in [-0.39, 0.29) is 0 Å². The van der Waals surface area contributed by atoms with Gasteiger partial charge in [-0.1, -0.05) is 27.2 Å². The number of hydrogen-bond acceptors (Lipinski definition) is 2. The van der Waals surface area contributed by atoms with E-state index in [0.717, 1.165) is 35.2 Å². The fourth-order valence-electron chi connectivity index (χ4n) is 1.76. The Hall–Kier alpha value is -1.75. The fraction of sp³-hybridized carbons (Fsp3) is 0.400. The molecule has 0 heterocycles. The van der Waals surface area contributed by atoms with E-state index in [4.69, 9.17) is 11.0 Å². The van der Waals surface area contributed by atoms with Crippen molar-refractivity contribution in [3.8, 4) is 6.07 Å². The minimum Gasteiger partial charge on any atom is -0.398 e. The van der Waals surface area contributed by atoms with Gasteiger partial charge in [0.15, 0.2) is 0 Å². The highest BCUT2D eigenvalue weighted by Crippen LogP contribution is 2.27. The number of benzene rings is 1. The molecule has 0 saturated carbocycles. The molecule has 0 bridgehead atoms. The molecule has 0 aliphatic carbocycles. The first kappa shape index (κ1) is 15.2. The first-order valence-electron chi connectivity index (χ1n) is 5.92. The molecule has 0 unspecified atom stereocenters. The molecule has 0 spiro atoms. The summed E-state index contributed by atoms with van der Waals surface area (Å²) in [7, 11) is 0. The van der Waals surface area contributed by atoms with Crippen molar-refractivity contribution in [1.29, 1.82) is 5.26 Å². The van der Waals surface area contributed by atoms with Crippen molar-refractivity contribution in [2.24, 2.45) is 0 Å². The zero-order valence-electron chi connectivity index (χ0n) is 11.1. The molecule has 2 heteroatoms. The van der Waals surface area contributed by atoms with E-state index in [1.54, 1.807) is 0 Å². The van der Waals surface area contributed by atoms with Crippen molar-refractivity contribution < 1.29 is 0 Å². The number of nitrogens with zero attached hydrogens (tertiary/aromatic N) is 1. The number of nitrogens with two attached hydrogens (primary N) is 1. The smallest absolute Gasteiger partial charge is 0.0991 e. The molecule has 17 heavy (non-hydrogen) atoms. The second-order valence-electron chi connectivity index (χ2n) is 4.15. The minimum absolute atomic E-state index is 0.369. The van der Waals surface area contributed by atoms with Gasteiger partial charge in [0.1, 0.15) is 0 Å². The van der Waals surface area contributed by atoms with E-state index >= 15 is 0 Å². The summed E-state index contributed by atoms with van der Waals surface area (Å²) in [5, 5.41) is 8.94. The van der Waals surface area contributed by atoms with Crippen LogP contribution < -0.4 is 5.73 Å². The van der Waals surface area contributed by atoms with Crippen molar-refractivity contribution in [3.05, 3.63) is 42.0 Å². The lowest BCUT2D eigenvalue weighted by molar-refractivity contribution is 0.858. The second-order valence-corrected chi connectivity index (χ2v) is 4.15. The third kappa shape index (κ3) is 3.96. The molecule has 0 saturated heterocycles. The van der Waals surface area contributed by atoms with Gasteiger partial charge in [-0.05, 0) is 35.6 Å². The molecule has 1 aromatic rings. The SMILES string of the molecule is C=C.CCCc1cc(C#N)cc(C(C)C)c1N. The van der Waals surface area contributed by atoms with Gasteiger partial charge >= 0.3 is 0 Å². The first-order chi connectivity index (χ1) is 8.10. The summed E-state index contributed by atoms with van der Waals surface area (Å²) in [6.07, 6.45) is 2.00. The van der Waals surface area contributed by atoms with Crippen molar-refractivity contribution >= 4 is 5.69 Å². The van der Waals surface area contributed by atoms with E-state index < -0.39 is 0 Å². The summed E-state index contributed by atoms with van der Waals surface area (Å²) in [4.78, 5) is 0. The first-order valence-corrected chi connectivity index (χ1v) is 5.92. The van der Waals surface area contributed by atoms with Crippen LogP contribution in [0.3, 0.4) is 0 Å². The number of rotatable bonds is 3. The molecule has 0 amide bonds. The van der Waals surface area contributed by atoms with Crippen LogP contribution in [0.1, 0.15) is 49.8 Å². The summed E-state index contributed by atoms with van der Waals surface area (Å²) in [6, 6.07) is 6.00. The van der Waals surface area contributed by atoms with E-state index in [0.29, 0.717) is 5.92 Å². The van der Waals surface area contributed by atoms with Crippen LogP contribution in [-0.4, -0.2) is 0 Å². The van der Waals surface area contributed by atoms with Crippen LogP contribution in [0.2, 0.25) is 0 Å². The van der Waals surface area contributed by atoms with Crippen molar-refractivity contribution in [2.75, 3.05) is 5.73 Å². The lowest BCUT2D eigenvalue weighted by Crippen LogP contribution is -2.02. The van der Waals surface area contributed by atoms with Gasteiger partial charge in [0.05, 0.1) is 11.6 Å². The van der Waals surface area contributed by atoms with Gasteiger partial charge < -0.3 is 5.73 Å². The molecule has 1 aromatic carbocycles. The number of hydrogen-bond donors (Lipinski definition) is 1. The molecule has 1 rings (SSSR count). The van der Waals surface area contributed by atoms with Crippen LogP contribution >= 0.6 is 0 Å². The van der Waals surface area contributed by atoms with Crippen LogP contribution in [0, 0.1) is 11.3 Å². The maximum Gasteiger partial charge on any atom is 0.0991 e. The fourth-order valence-corrected chi connectivity index (χ4v) is 1.76. The highest BCUT2D eigenvalue weighted by molar-refractivity contribution is 5.58. The van der Waals surface area contributed by atoms with Crippen molar-refractivity contribution in [3.63, 3.8) is 0 Å². The van der Waals surface area contributed by atoms with Crippen molar-refractivity contribution in [1.82, 2.24) is 0 Å². The Kier molecular flexibility index (Phi) is 6.74. The third-order valence-corrected chi connectivity index (χ3v) is 2.57. The van der Waals surface area contributed by atoms with E-state index in [1.165, 1.54) is 0 Å². The third-order valence-electron chi connectivity index (χ3n) is 2.57. The molecule has 0 radical (unpaired) electrons. The average molecular weight is 230 g/mol. The van der Waals surface area contributed by atoms with Crippen LogP contribution in [0.4, 0.5) is 5.69 Å². The molecular formula is C15H22N2. The van der Waals surface area contributed by atoms with Crippen LogP contribution in [0.15, 0.2) is 25.3 Å². The summed E-state index contributed by atoms with van der Waals surface area (Å²) in [5.74, 6) is 0.369. The summed E-state index contributed by atoms with van der Waals surface area (Å²) >= 11 is 0. The summed E-state index contributed by atoms with van der Waals surface area (Å²) in [5.41, 5.74) is 9.88. The molecule has 0 aliphatic heterocycles. The number of anilines is 1. The Balaban J connectivity index is 0.00000121. The average Bonchev–Trinajstić information content (AvgIpc) is 2.34. The van der Waals surface area contributed by atoms with Crippen molar-refractivity contribution in [2.45, 2.75) is 39.5 Å². The predicted molar refractivity (Wildman–Crippen MR) is 74.9 cm³/mol. The zero-order chi connectivity index (χ0) is 13.4.